The summed E-state index contributed by atoms with van der Waals surface area (Å²) in [5.74, 6) is 2.03. The van der Waals surface area contributed by atoms with Crippen LogP contribution < -0.4 is 14.2 Å². The van der Waals surface area contributed by atoms with E-state index < -0.39 is 0 Å². The van der Waals surface area contributed by atoms with E-state index in [1.807, 2.05) is 60.4 Å². The summed E-state index contributed by atoms with van der Waals surface area (Å²) in [5.41, 5.74) is 5.62. The standard InChI is InChI=1S/C27H29NO4/c1-18-10-11-22(14-19(18)2)32-17-26(29)28-13-12-21-15-24(30-3)25(31-4)16-23(21)27(28)20-8-6-5-7-9-20/h5-11,14-16,27H,12-13,17H2,1-4H3. The lowest BCUT2D eigenvalue weighted by Crippen LogP contribution is -2.43. The minimum absolute atomic E-state index is 0.00550. The lowest BCUT2D eigenvalue weighted by molar-refractivity contribution is -0.135. The monoisotopic (exact) mass is 431 g/mol. The zero-order valence-electron chi connectivity index (χ0n) is 19.1. The first-order chi connectivity index (χ1) is 15.5. The Morgan fingerprint density at radius 1 is 0.938 bits per heavy atom. The highest BCUT2D eigenvalue weighted by Gasteiger charge is 2.33. The first kappa shape index (κ1) is 21.8. The van der Waals surface area contributed by atoms with Crippen LogP contribution >= 0.6 is 0 Å². The fourth-order valence-corrected chi connectivity index (χ4v) is 4.24. The van der Waals surface area contributed by atoms with E-state index in [-0.39, 0.29) is 18.6 Å². The molecule has 1 amide bonds. The van der Waals surface area contributed by atoms with Crippen LogP contribution in [0.3, 0.4) is 0 Å². The zero-order valence-corrected chi connectivity index (χ0v) is 19.1. The van der Waals surface area contributed by atoms with Crippen molar-refractivity contribution in [1.82, 2.24) is 4.90 Å². The van der Waals surface area contributed by atoms with Gasteiger partial charge in [-0.3, -0.25) is 4.79 Å². The van der Waals surface area contributed by atoms with Crippen LogP contribution in [0.25, 0.3) is 0 Å². The van der Waals surface area contributed by atoms with Gasteiger partial charge in [-0.15, -0.1) is 0 Å². The summed E-state index contributed by atoms with van der Waals surface area (Å²) in [6.45, 7) is 4.70. The molecule has 0 spiro atoms. The summed E-state index contributed by atoms with van der Waals surface area (Å²) < 4.78 is 16.9. The van der Waals surface area contributed by atoms with Gasteiger partial charge in [0.05, 0.1) is 20.3 Å². The number of rotatable bonds is 6. The smallest absolute Gasteiger partial charge is 0.261 e. The third-order valence-electron chi connectivity index (χ3n) is 6.15. The van der Waals surface area contributed by atoms with E-state index in [0.717, 1.165) is 28.7 Å². The molecule has 0 N–H and O–H groups in total. The first-order valence-electron chi connectivity index (χ1n) is 10.8. The summed E-state index contributed by atoms with van der Waals surface area (Å²) >= 11 is 0. The van der Waals surface area contributed by atoms with Crippen LogP contribution in [0.4, 0.5) is 0 Å². The van der Waals surface area contributed by atoms with Crippen molar-refractivity contribution in [1.29, 1.82) is 0 Å². The number of carbonyl (C=O) groups is 1. The Balaban J connectivity index is 1.65. The number of carbonyl (C=O) groups excluding carboxylic acids is 1. The van der Waals surface area contributed by atoms with Crippen LogP contribution in [-0.2, 0) is 11.2 Å². The minimum atomic E-state index is -0.212. The summed E-state index contributed by atoms with van der Waals surface area (Å²) in [6, 6.07) is 19.8. The highest BCUT2D eigenvalue weighted by molar-refractivity contribution is 5.79. The molecule has 3 aromatic rings. The maximum Gasteiger partial charge on any atom is 0.261 e. The predicted octanol–water partition coefficient (Wildman–Crippen LogP) is 4.87. The molecule has 1 aliphatic heterocycles. The molecule has 1 aliphatic rings. The molecule has 0 radical (unpaired) electrons. The quantitative estimate of drug-likeness (QED) is 0.559. The normalized spacial score (nSPS) is 15.1. The van der Waals surface area contributed by atoms with Gasteiger partial charge in [0, 0.05) is 6.54 Å². The lowest BCUT2D eigenvalue weighted by Gasteiger charge is -2.38. The van der Waals surface area contributed by atoms with Crippen LogP contribution in [0.2, 0.25) is 0 Å². The van der Waals surface area contributed by atoms with Crippen LogP contribution in [0.1, 0.15) is 33.9 Å². The van der Waals surface area contributed by atoms with Gasteiger partial charge >= 0.3 is 0 Å². The van der Waals surface area contributed by atoms with Gasteiger partial charge in [-0.25, -0.2) is 0 Å². The molecule has 1 heterocycles. The molecule has 0 saturated heterocycles. The number of aryl methyl sites for hydroxylation is 2. The van der Waals surface area contributed by atoms with Crippen molar-refractivity contribution in [3.8, 4) is 17.2 Å². The molecule has 5 heteroatoms. The third kappa shape index (κ3) is 4.28. The minimum Gasteiger partial charge on any atom is -0.493 e. The van der Waals surface area contributed by atoms with Gasteiger partial charge in [0.1, 0.15) is 5.75 Å². The Morgan fingerprint density at radius 3 is 2.34 bits per heavy atom. The fraction of sp³-hybridized carbons (Fsp3) is 0.296. The molecule has 0 aliphatic carbocycles. The van der Waals surface area contributed by atoms with Gasteiger partial charge in [-0.05, 0) is 72.4 Å². The van der Waals surface area contributed by atoms with Crippen LogP contribution in [0.15, 0.2) is 60.7 Å². The Kier molecular flexibility index (Phi) is 6.35. The van der Waals surface area contributed by atoms with Crippen molar-refractivity contribution in [3.63, 3.8) is 0 Å². The summed E-state index contributed by atoms with van der Waals surface area (Å²) in [5, 5.41) is 0. The number of hydrogen-bond donors (Lipinski definition) is 0. The number of fused-ring (bicyclic) bond motifs is 1. The van der Waals surface area contributed by atoms with Gasteiger partial charge in [0.15, 0.2) is 18.1 Å². The molecule has 4 rings (SSSR count). The van der Waals surface area contributed by atoms with Crippen molar-refractivity contribution >= 4 is 5.91 Å². The molecule has 0 aromatic heterocycles. The molecular weight excluding hydrogens is 402 g/mol. The molecule has 3 aromatic carbocycles. The maximum absolute atomic E-state index is 13.3. The Bertz CT molecular complexity index is 1110. The van der Waals surface area contributed by atoms with Crippen LogP contribution in [0.5, 0.6) is 17.2 Å². The van der Waals surface area contributed by atoms with Crippen molar-refractivity contribution in [2.24, 2.45) is 0 Å². The van der Waals surface area contributed by atoms with E-state index in [2.05, 4.69) is 19.1 Å². The molecule has 5 nitrogen and oxygen atoms in total. The molecular formula is C27H29NO4. The lowest BCUT2D eigenvalue weighted by atomic mass is 9.87. The van der Waals surface area contributed by atoms with Gasteiger partial charge in [0.25, 0.3) is 5.91 Å². The number of amides is 1. The molecule has 0 saturated carbocycles. The zero-order chi connectivity index (χ0) is 22.7. The maximum atomic E-state index is 13.3. The summed E-state index contributed by atoms with van der Waals surface area (Å²) in [4.78, 5) is 15.2. The average Bonchev–Trinajstić information content (AvgIpc) is 2.83. The Hall–Kier alpha value is -3.47. The topological polar surface area (TPSA) is 48.0 Å². The Morgan fingerprint density at radius 2 is 1.66 bits per heavy atom. The SMILES string of the molecule is COc1cc2c(cc1OC)C(c1ccccc1)N(C(=O)COc1ccc(C)c(C)c1)CC2. The molecule has 0 fully saturated rings. The largest absolute Gasteiger partial charge is 0.493 e. The fourth-order valence-electron chi connectivity index (χ4n) is 4.24. The van der Waals surface area contributed by atoms with E-state index in [1.54, 1.807) is 14.2 Å². The number of benzene rings is 3. The second kappa shape index (κ2) is 9.35. The van der Waals surface area contributed by atoms with Gasteiger partial charge in [-0.2, -0.15) is 0 Å². The van der Waals surface area contributed by atoms with Gasteiger partial charge < -0.3 is 19.1 Å². The van der Waals surface area contributed by atoms with E-state index in [0.29, 0.717) is 23.8 Å². The highest BCUT2D eigenvalue weighted by Crippen LogP contribution is 2.41. The molecule has 32 heavy (non-hydrogen) atoms. The van der Waals surface area contributed by atoms with Crippen molar-refractivity contribution in [2.75, 3.05) is 27.4 Å². The van der Waals surface area contributed by atoms with E-state index >= 15 is 0 Å². The second-order valence-electron chi connectivity index (χ2n) is 8.09. The second-order valence-corrected chi connectivity index (χ2v) is 8.09. The van der Waals surface area contributed by atoms with E-state index in [9.17, 15) is 4.79 Å². The number of nitrogens with zero attached hydrogens (tertiary/aromatic N) is 1. The van der Waals surface area contributed by atoms with Crippen LogP contribution in [-0.4, -0.2) is 38.2 Å². The number of methoxy groups -OCH3 is 2. The van der Waals surface area contributed by atoms with Crippen molar-refractivity contribution in [2.45, 2.75) is 26.3 Å². The summed E-state index contributed by atoms with van der Waals surface area (Å²) in [6.07, 6.45) is 0.744. The number of ether oxygens (including phenoxy) is 3. The van der Waals surface area contributed by atoms with Gasteiger partial charge in [-0.1, -0.05) is 36.4 Å². The average molecular weight is 432 g/mol. The molecule has 1 unspecified atom stereocenters. The first-order valence-corrected chi connectivity index (χ1v) is 10.8. The van der Waals surface area contributed by atoms with Crippen LogP contribution in [0, 0.1) is 13.8 Å². The molecule has 1 atom stereocenters. The summed E-state index contributed by atoms with van der Waals surface area (Å²) in [7, 11) is 3.27. The Labute approximate surface area is 189 Å². The third-order valence-corrected chi connectivity index (χ3v) is 6.15. The van der Waals surface area contributed by atoms with Crippen molar-refractivity contribution < 1.29 is 19.0 Å². The van der Waals surface area contributed by atoms with Gasteiger partial charge in [0.2, 0.25) is 0 Å². The molecule has 0 bridgehead atoms. The number of hydrogen-bond acceptors (Lipinski definition) is 4. The molecule has 166 valence electrons. The predicted molar refractivity (Wildman–Crippen MR) is 125 cm³/mol. The van der Waals surface area contributed by atoms with Crippen molar-refractivity contribution in [3.05, 3.63) is 88.5 Å². The van der Waals surface area contributed by atoms with E-state index in [4.69, 9.17) is 14.2 Å². The highest BCUT2D eigenvalue weighted by atomic mass is 16.5. The van der Waals surface area contributed by atoms with E-state index in [1.165, 1.54) is 5.56 Å².